The molecule has 6 rings (SSSR count). The standard InChI is InChI=1S/C42H46O14/c1-21(43)53-35-19-27-30(48-6)20-32-37(40(27)56-38(35)23-11-14-28(46-4)31(15-23)49-7)36(26-13-12-25(45-3)18-29(26)47-5)42(54-22(2)44)39(55-32)24-16-33(50-8)41(52-10)34(17-24)51-9/h11-18,20,35-36,38-39,42H,19H2,1-10H3/t35-,36-,38+,39+,42-/m0/s1. The van der Waals surface area contributed by atoms with E-state index in [2.05, 4.69) is 0 Å². The first-order valence-corrected chi connectivity index (χ1v) is 17.7. The number of rotatable bonds is 13. The van der Waals surface area contributed by atoms with Crippen molar-refractivity contribution in [2.75, 3.05) is 56.9 Å². The van der Waals surface area contributed by atoms with Gasteiger partial charge in [0.25, 0.3) is 0 Å². The third-order valence-electron chi connectivity index (χ3n) is 9.89. The maximum Gasteiger partial charge on any atom is 0.303 e. The molecule has 14 heteroatoms. The van der Waals surface area contributed by atoms with Crippen LogP contribution in [0.15, 0.2) is 54.6 Å². The Morgan fingerprint density at radius 1 is 0.571 bits per heavy atom. The summed E-state index contributed by atoms with van der Waals surface area (Å²) in [4.78, 5) is 25.7. The molecule has 4 aromatic carbocycles. The Kier molecular flexibility index (Phi) is 11.8. The van der Waals surface area contributed by atoms with E-state index in [-0.39, 0.29) is 6.42 Å². The van der Waals surface area contributed by atoms with Gasteiger partial charge < -0.3 is 56.8 Å². The van der Waals surface area contributed by atoms with Crippen LogP contribution in [-0.4, -0.2) is 81.0 Å². The molecule has 2 aliphatic heterocycles. The largest absolute Gasteiger partial charge is 0.497 e. The molecule has 0 unspecified atom stereocenters. The van der Waals surface area contributed by atoms with Gasteiger partial charge in [0.15, 0.2) is 41.3 Å². The first kappa shape index (κ1) is 39.5. The maximum atomic E-state index is 13.1. The quantitative estimate of drug-likeness (QED) is 0.135. The van der Waals surface area contributed by atoms with E-state index in [1.807, 2.05) is 12.1 Å². The lowest BCUT2D eigenvalue weighted by molar-refractivity contribution is -0.154. The molecule has 4 aromatic rings. The van der Waals surface area contributed by atoms with Gasteiger partial charge in [-0.2, -0.15) is 0 Å². The third-order valence-corrected chi connectivity index (χ3v) is 9.89. The number of hydrogen-bond donors (Lipinski definition) is 0. The van der Waals surface area contributed by atoms with Crippen molar-refractivity contribution in [2.45, 2.75) is 50.6 Å². The van der Waals surface area contributed by atoms with Gasteiger partial charge in [0.1, 0.15) is 34.9 Å². The number of ether oxygens (including phenoxy) is 12. The highest BCUT2D eigenvalue weighted by molar-refractivity contribution is 5.70. The average molecular weight is 775 g/mol. The fourth-order valence-corrected chi connectivity index (χ4v) is 7.51. The van der Waals surface area contributed by atoms with Gasteiger partial charge in [0.05, 0.1) is 62.8 Å². The van der Waals surface area contributed by atoms with Gasteiger partial charge in [-0.05, 0) is 30.3 Å². The average Bonchev–Trinajstić information content (AvgIpc) is 3.21. The zero-order chi connectivity index (χ0) is 40.3. The molecule has 14 nitrogen and oxygen atoms in total. The molecule has 0 N–H and O–H groups in total. The second-order valence-corrected chi connectivity index (χ2v) is 13.0. The molecule has 298 valence electrons. The summed E-state index contributed by atoms with van der Waals surface area (Å²) < 4.78 is 71.8. The monoisotopic (exact) mass is 774 g/mol. The lowest BCUT2D eigenvalue weighted by Crippen LogP contribution is -2.40. The van der Waals surface area contributed by atoms with E-state index < -0.39 is 42.3 Å². The second kappa shape index (κ2) is 16.7. The first-order chi connectivity index (χ1) is 27.0. The lowest BCUT2D eigenvalue weighted by Gasteiger charge is -2.43. The Balaban J connectivity index is 1.66. The summed E-state index contributed by atoms with van der Waals surface area (Å²) in [5, 5.41) is 0. The van der Waals surface area contributed by atoms with Gasteiger partial charge in [0.2, 0.25) is 5.75 Å². The molecule has 2 heterocycles. The Bertz CT molecular complexity index is 2070. The van der Waals surface area contributed by atoms with Crippen LogP contribution in [0.3, 0.4) is 0 Å². The van der Waals surface area contributed by atoms with Gasteiger partial charge in [-0.25, -0.2) is 0 Å². The van der Waals surface area contributed by atoms with Crippen molar-refractivity contribution in [3.8, 4) is 57.5 Å². The molecule has 0 saturated heterocycles. The highest BCUT2D eigenvalue weighted by Crippen LogP contribution is 2.58. The van der Waals surface area contributed by atoms with E-state index in [1.54, 1.807) is 63.8 Å². The SMILES string of the molecule is COc1ccc([C@H]2c3c(cc(OC)c4c3O[C@H](c3ccc(OC)c(OC)c3)[C@@H](OC(C)=O)C4)O[C@H](c3cc(OC)c(OC)c(OC)c3)[C@H]2OC(C)=O)c(OC)c1. The number of benzene rings is 4. The molecule has 0 saturated carbocycles. The van der Waals surface area contributed by atoms with Crippen molar-refractivity contribution < 1.29 is 66.4 Å². The van der Waals surface area contributed by atoms with Gasteiger partial charge in [0, 0.05) is 60.2 Å². The molecule has 0 aliphatic carbocycles. The van der Waals surface area contributed by atoms with Gasteiger partial charge in [-0.3, -0.25) is 9.59 Å². The molecule has 0 spiro atoms. The molecular formula is C42H46O14. The number of hydrogen-bond acceptors (Lipinski definition) is 14. The van der Waals surface area contributed by atoms with E-state index in [1.165, 1.54) is 49.4 Å². The molecular weight excluding hydrogens is 728 g/mol. The predicted octanol–water partition coefficient (Wildman–Crippen LogP) is 6.56. The minimum atomic E-state index is -1.03. The lowest BCUT2D eigenvalue weighted by atomic mass is 9.77. The van der Waals surface area contributed by atoms with E-state index in [4.69, 9.17) is 56.8 Å². The molecule has 56 heavy (non-hydrogen) atoms. The van der Waals surface area contributed by atoms with E-state index >= 15 is 0 Å². The zero-order valence-corrected chi connectivity index (χ0v) is 33.0. The summed E-state index contributed by atoms with van der Waals surface area (Å²) in [7, 11) is 12.3. The second-order valence-electron chi connectivity index (χ2n) is 13.0. The van der Waals surface area contributed by atoms with Crippen LogP contribution in [0.4, 0.5) is 0 Å². The van der Waals surface area contributed by atoms with Crippen molar-refractivity contribution in [2.24, 2.45) is 0 Å². The number of carbonyl (C=O) groups is 2. The summed E-state index contributed by atoms with van der Waals surface area (Å²) >= 11 is 0. The summed E-state index contributed by atoms with van der Waals surface area (Å²) in [6.07, 6.45) is -3.39. The molecule has 0 bridgehead atoms. The fraction of sp³-hybridized carbons (Fsp3) is 0.381. The Hall–Kier alpha value is -6.18. The number of methoxy groups -OCH3 is 8. The number of esters is 2. The van der Waals surface area contributed by atoms with Crippen molar-refractivity contribution in [3.63, 3.8) is 0 Å². The van der Waals surface area contributed by atoms with Crippen LogP contribution in [0, 0.1) is 0 Å². The minimum absolute atomic E-state index is 0.200. The van der Waals surface area contributed by atoms with E-state index in [9.17, 15) is 9.59 Å². The fourth-order valence-electron chi connectivity index (χ4n) is 7.51. The molecule has 5 atom stereocenters. The van der Waals surface area contributed by atoms with Crippen LogP contribution in [-0.2, 0) is 25.5 Å². The van der Waals surface area contributed by atoms with Crippen LogP contribution < -0.4 is 47.4 Å². The van der Waals surface area contributed by atoms with Gasteiger partial charge in [-0.1, -0.05) is 12.1 Å². The van der Waals surface area contributed by atoms with Gasteiger partial charge >= 0.3 is 11.9 Å². The smallest absolute Gasteiger partial charge is 0.303 e. The highest BCUT2D eigenvalue weighted by atomic mass is 16.6. The van der Waals surface area contributed by atoms with E-state index in [0.717, 1.165) is 0 Å². The van der Waals surface area contributed by atoms with Crippen molar-refractivity contribution in [1.29, 1.82) is 0 Å². The Labute approximate surface area is 325 Å². The van der Waals surface area contributed by atoms with Crippen LogP contribution >= 0.6 is 0 Å². The summed E-state index contributed by atoms with van der Waals surface area (Å²) in [5.74, 6) is 2.46. The van der Waals surface area contributed by atoms with Crippen LogP contribution in [0.5, 0.6) is 57.5 Å². The number of fused-ring (bicyclic) bond motifs is 3. The maximum absolute atomic E-state index is 13.1. The zero-order valence-electron chi connectivity index (χ0n) is 33.0. The molecule has 0 aromatic heterocycles. The molecule has 0 amide bonds. The summed E-state index contributed by atoms with van der Waals surface area (Å²) in [5.41, 5.74) is 3.01. The van der Waals surface area contributed by atoms with Crippen LogP contribution in [0.1, 0.15) is 59.8 Å². The highest BCUT2D eigenvalue weighted by Gasteiger charge is 2.49. The minimum Gasteiger partial charge on any atom is -0.497 e. The van der Waals surface area contributed by atoms with Crippen LogP contribution in [0.25, 0.3) is 0 Å². The van der Waals surface area contributed by atoms with Crippen molar-refractivity contribution in [3.05, 3.63) is 82.4 Å². The summed E-state index contributed by atoms with van der Waals surface area (Å²) in [6, 6.07) is 16.0. The molecule has 2 aliphatic rings. The first-order valence-electron chi connectivity index (χ1n) is 17.7. The third kappa shape index (κ3) is 7.30. The Morgan fingerprint density at radius 2 is 1.20 bits per heavy atom. The van der Waals surface area contributed by atoms with Gasteiger partial charge in [-0.15, -0.1) is 0 Å². The molecule has 0 fully saturated rings. The Morgan fingerprint density at radius 3 is 1.77 bits per heavy atom. The van der Waals surface area contributed by atoms with Crippen molar-refractivity contribution in [1.82, 2.24) is 0 Å². The predicted molar refractivity (Wildman–Crippen MR) is 202 cm³/mol. The molecule has 0 radical (unpaired) electrons. The van der Waals surface area contributed by atoms with Crippen molar-refractivity contribution >= 4 is 11.9 Å². The normalized spacial score (nSPS) is 19.4. The van der Waals surface area contributed by atoms with Crippen LogP contribution in [0.2, 0.25) is 0 Å². The summed E-state index contributed by atoms with van der Waals surface area (Å²) in [6.45, 7) is 2.68. The topological polar surface area (TPSA) is 145 Å². The number of carbonyl (C=O) groups excluding carboxylic acids is 2. The van der Waals surface area contributed by atoms with E-state index in [0.29, 0.717) is 85.3 Å².